The number of aryl methyl sites for hydroxylation is 1. The Morgan fingerprint density at radius 3 is 2.72 bits per heavy atom. The Labute approximate surface area is 171 Å². The summed E-state index contributed by atoms with van der Waals surface area (Å²) in [5.41, 5.74) is 1.00. The fraction of sp³-hybridized carbons (Fsp3) is 0.474. The minimum Gasteiger partial charge on any atom is -0.340 e. The second kappa shape index (κ2) is 7.96. The van der Waals surface area contributed by atoms with Gasteiger partial charge in [-0.2, -0.15) is 11.3 Å². The fourth-order valence-corrected chi connectivity index (χ4v) is 4.44. The van der Waals surface area contributed by atoms with E-state index in [1.807, 2.05) is 4.90 Å². The van der Waals surface area contributed by atoms with Crippen LogP contribution < -0.4 is 11.2 Å². The SMILES string of the molecule is Cn1c(=O)c2c(ncn2CC(=O)N2CCCN(Cc3ccsc3)CC2)n(C)c1=O. The van der Waals surface area contributed by atoms with Crippen molar-refractivity contribution in [2.24, 2.45) is 14.1 Å². The van der Waals surface area contributed by atoms with Crippen LogP contribution in [-0.4, -0.2) is 60.6 Å². The van der Waals surface area contributed by atoms with E-state index in [9.17, 15) is 14.4 Å². The topological polar surface area (TPSA) is 85.4 Å². The molecule has 1 saturated heterocycles. The van der Waals surface area contributed by atoms with Gasteiger partial charge in [0.2, 0.25) is 5.91 Å². The number of hydrogen-bond donors (Lipinski definition) is 0. The summed E-state index contributed by atoms with van der Waals surface area (Å²) in [4.78, 5) is 45.9. The molecule has 0 N–H and O–H groups in total. The van der Waals surface area contributed by atoms with Crippen molar-refractivity contribution >= 4 is 28.4 Å². The number of thiophene rings is 1. The number of amides is 1. The third-order valence-corrected chi connectivity index (χ3v) is 6.18. The lowest BCUT2D eigenvalue weighted by Crippen LogP contribution is -2.39. The van der Waals surface area contributed by atoms with E-state index in [0.29, 0.717) is 18.7 Å². The number of fused-ring (bicyclic) bond motifs is 1. The summed E-state index contributed by atoms with van der Waals surface area (Å²) in [6.45, 7) is 4.07. The first-order chi connectivity index (χ1) is 14.0. The maximum atomic E-state index is 12.9. The summed E-state index contributed by atoms with van der Waals surface area (Å²) in [7, 11) is 3.00. The van der Waals surface area contributed by atoms with Crippen molar-refractivity contribution in [2.75, 3.05) is 26.2 Å². The monoisotopic (exact) mass is 416 g/mol. The van der Waals surface area contributed by atoms with Gasteiger partial charge < -0.3 is 9.47 Å². The summed E-state index contributed by atoms with van der Waals surface area (Å²) in [6, 6.07) is 2.14. The van der Waals surface area contributed by atoms with Crippen LogP contribution in [0.4, 0.5) is 0 Å². The Hall–Kier alpha value is -2.72. The summed E-state index contributed by atoms with van der Waals surface area (Å²) in [5, 5.41) is 4.24. The average molecular weight is 417 g/mol. The van der Waals surface area contributed by atoms with Crippen molar-refractivity contribution in [3.63, 3.8) is 0 Å². The molecule has 0 unspecified atom stereocenters. The molecule has 1 amide bonds. The average Bonchev–Trinajstić information content (AvgIpc) is 3.30. The molecule has 0 saturated carbocycles. The zero-order valence-corrected chi connectivity index (χ0v) is 17.4. The second-order valence-corrected chi connectivity index (χ2v) is 8.17. The molecule has 4 heterocycles. The molecule has 0 radical (unpaired) electrons. The standard InChI is InChI=1S/C19H24N6O3S/c1-21-17-16(18(27)22(2)19(21)28)25(13-20-17)11-15(26)24-6-3-5-23(7-8-24)10-14-4-9-29-12-14/h4,9,12-13H,3,5-8,10-11H2,1-2H3. The first kappa shape index (κ1) is 19.6. The summed E-state index contributed by atoms with van der Waals surface area (Å²) >= 11 is 1.70. The van der Waals surface area contributed by atoms with E-state index in [1.54, 1.807) is 23.0 Å². The number of carbonyl (C=O) groups is 1. The highest BCUT2D eigenvalue weighted by atomic mass is 32.1. The van der Waals surface area contributed by atoms with E-state index in [0.717, 1.165) is 30.6 Å². The number of nitrogens with zero attached hydrogens (tertiary/aromatic N) is 6. The van der Waals surface area contributed by atoms with Crippen LogP contribution in [0.5, 0.6) is 0 Å². The molecule has 3 aromatic heterocycles. The van der Waals surface area contributed by atoms with Crippen molar-refractivity contribution in [1.29, 1.82) is 0 Å². The van der Waals surface area contributed by atoms with Gasteiger partial charge in [0, 0.05) is 46.8 Å². The molecule has 1 fully saturated rings. The van der Waals surface area contributed by atoms with Gasteiger partial charge in [-0.05, 0) is 28.8 Å². The molecular weight excluding hydrogens is 392 g/mol. The lowest BCUT2D eigenvalue weighted by Gasteiger charge is -2.22. The largest absolute Gasteiger partial charge is 0.340 e. The third-order valence-electron chi connectivity index (χ3n) is 5.45. The van der Waals surface area contributed by atoms with Crippen molar-refractivity contribution in [3.05, 3.63) is 49.6 Å². The maximum absolute atomic E-state index is 12.9. The molecule has 9 nitrogen and oxygen atoms in total. The minimum absolute atomic E-state index is 0.0362. The van der Waals surface area contributed by atoms with E-state index in [-0.39, 0.29) is 18.0 Å². The first-order valence-electron chi connectivity index (χ1n) is 9.58. The summed E-state index contributed by atoms with van der Waals surface area (Å²) < 4.78 is 3.92. The third kappa shape index (κ3) is 3.77. The number of rotatable bonds is 4. The molecule has 1 aliphatic heterocycles. The van der Waals surface area contributed by atoms with Gasteiger partial charge in [0.05, 0.1) is 6.33 Å². The van der Waals surface area contributed by atoms with Gasteiger partial charge in [-0.3, -0.25) is 23.6 Å². The quantitative estimate of drug-likeness (QED) is 0.608. The Balaban J connectivity index is 1.48. The fourth-order valence-electron chi connectivity index (χ4n) is 3.78. The van der Waals surface area contributed by atoms with Gasteiger partial charge >= 0.3 is 5.69 Å². The Morgan fingerprint density at radius 2 is 1.97 bits per heavy atom. The normalized spacial score (nSPS) is 15.7. The molecular formula is C19H24N6O3S. The predicted octanol–water partition coefficient (Wildman–Crippen LogP) is 0.230. The highest BCUT2D eigenvalue weighted by Gasteiger charge is 2.22. The van der Waals surface area contributed by atoms with Crippen molar-refractivity contribution in [3.8, 4) is 0 Å². The molecule has 0 spiro atoms. The predicted molar refractivity (Wildman–Crippen MR) is 111 cm³/mol. The molecule has 4 rings (SSSR count). The lowest BCUT2D eigenvalue weighted by atomic mass is 10.3. The molecule has 154 valence electrons. The van der Waals surface area contributed by atoms with Gasteiger partial charge in [0.25, 0.3) is 5.56 Å². The molecule has 3 aromatic rings. The summed E-state index contributed by atoms with van der Waals surface area (Å²) in [5.74, 6) is -0.0439. The van der Waals surface area contributed by atoms with Crippen LogP contribution in [0.2, 0.25) is 0 Å². The molecule has 1 aliphatic rings. The molecule has 10 heteroatoms. The van der Waals surface area contributed by atoms with Crippen LogP contribution in [0.15, 0.2) is 32.7 Å². The Kier molecular flexibility index (Phi) is 5.37. The Morgan fingerprint density at radius 1 is 1.14 bits per heavy atom. The van der Waals surface area contributed by atoms with Gasteiger partial charge in [-0.1, -0.05) is 0 Å². The van der Waals surface area contributed by atoms with Crippen LogP contribution in [-0.2, 0) is 32.0 Å². The van der Waals surface area contributed by atoms with Crippen LogP contribution >= 0.6 is 11.3 Å². The summed E-state index contributed by atoms with van der Waals surface area (Å²) in [6.07, 6.45) is 2.38. The van der Waals surface area contributed by atoms with E-state index in [1.165, 1.54) is 23.5 Å². The molecule has 0 aliphatic carbocycles. The van der Waals surface area contributed by atoms with Gasteiger partial charge in [-0.15, -0.1) is 0 Å². The van der Waals surface area contributed by atoms with Gasteiger partial charge in [0.15, 0.2) is 11.2 Å². The van der Waals surface area contributed by atoms with E-state index >= 15 is 0 Å². The zero-order valence-electron chi connectivity index (χ0n) is 16.6. The maximum Gasteiger partial charge on any atom is 0.332 e. The minimum atomic E-state index is -0.439. The molecule has 0 atom stereocenters. The number of carbonyl (C=O) groups excluding carboxylic acids is 1. The molecule has 0 aromatic carbocycles. The van der Waals surface area contributed by atoms with Crippen LogP contribution in [0.25, 0.3) is 11.2 Å². The van der Waals surface area contributed by atoms with E-state index in [4.69, 9.17) is 0 Å². The number of imidazole rings is 1. The van der Waals surface area contributed by atoms with Crippen LogP contribution in [0.3, 0.4) is 0 Å². The first-order valence-corrected chi connectivity index (χ1v) is 10.5. The lowest BCUT2D eigenvalue weighted by molar-refractivity contribution is -0.131. The number of aromatic nitrogens is 4. The Bertz CT molecular complexity index is 1140. The van der Waals surface area contributed by atoms with Gasteiger partial charge in [-0.25, -0.2) is 9.78 Å². The van der Waals surface area contributed by atoms with Crippen molar-refractivity contribution in [1.82, 2.24) is 28.5 Å². The van der Waals surface area contributed by atoms with Crippen molar-refractivity contribution in [2.45, 2.75) is 19.5 Å². The zero-order chi connectivity index (χ0) is 20.5. The molecule has 29 heavy (non-hydrogen) atoms. The van der Waals surface area contributed by atoms with E-state index < -0.39 is 11.2 Å². The molecule has 0 bridgehead atoms. The van der Waals surface area contributed by atoms with Gasteiger partial charge in [0.1, 0.15) is 6.54 Å². The smallest absolute Gasteiger partial charge is 0.332 e. The van der Waals surface area contributed by atoms with Crippen LogP contribution in [0, 0.1) is 0 Å². The number of hydrogen-bond acceptors (Lipinski definition) is 6. The van der Waals surface area contributed by atoms with Crippen molar-refractivity contribution < 1.29 is 4.79 Å². The van der Waals surface area contributed by atoms with Crippen LogP contribution in [0.1, 0.15) is 12.0 Å². The second-order valence-electron chi connectivity index (χ2n) is 7.39. The highest BCUT2D eigenvalue weighted by molar-refractivity contribution is 7.07. The van der Waals surface area contributed by atoms with E-state index in [2.05, 4.69) is 26.7 Å². The highest BCUT2D eigenvalue weighted by Crippen LogP contribution is 2.13.